The molecule has 1 aromatic carbocycles. The highest BCUT2D eigenvalue weighted by Crippen LogP contribution is 2.40. The summed E-state index contributed by atoms with van der Waals surface area (Å²) in [7, 11) is 0. The van der Waals surface area contributed by atoms with Crippen LogP contribution < -0.4 is 5.32 Å². The summed E-state index contributed by atoms with van der Waals surface area (Å²) >= 11 is 0. The zero-order chi connectivity index (χ0) is 13.4. The van der Waals surface area contributed by atoms with Crippen LogP contribution >= 0.6 is 0 Å². The second-order valence-corrected chi connectivity index (χ2v) is 6.24. The van der Waals surface area contributed by atoms with E-state index in [1.807, 2.05) is 0 Å². The Hall–Kier alpha value is -0.960. The Morgan fingerprint density at radius 1 is 1.22 bits per heavy atom. The molecule has 100 valence electrons. The molecule has 0 aromatic heterocycles. The van der Waals surface area contributed by atoms with Gasteiger partial charge < -0.3 is 5.32 Å². The van der Waals surface area contributed by atoms with Crippen molar-refractivity contribution in [2.75, 3.05) is 6.54 Å². The Labute approximate surface area is 108 Å². The van der Waals surface area contributed by atoms with E-state index in [0.717, 1.165) is 19.4 Å². The van der Waals surface area contributed by atoms with Crippen LogP contribution in [0.25, 0.3) is 0 Å². The van der Waals surface area contributed by atoms with Gasteiger partial charge in [-0.2, -0.15) is 0 Å². The van der Waals surface area contributed by atoms with Gasteiger partial charge in [0.15, 0.2) is 0 Å². The summed E-state index contributed by atoms with van der Waals surface area (Å²) in [5.41, 5.74) is -0.0318. The van der Waals surface area contributed by atoms with E-state index in [4.69, 9.17) is 0 Å². The number of nitrogens with one attached hydrogen (secondary N) is 1. The molecule has 18 heavy (non-hydrogen) atoms. The number of hydrogen-bond donors (Lipinski definition) is 1. The average Bonchev–Trinajstić information content (AvgIpc) is 2.73. The smallest absolute Gasteiger partial charge is 0.129 e. The van der Waals surface area contributed by atoms with Gasteiger partial charge in [0.05, 0.1) is 0 Å². The first-order valence-electron chi connectivity index (χ1n) is 6.54. The Bertz CT molecular complexity index is 408. The highest BCUT2D eigenvalue weighted by atomic mass is 19.1. The van der Waals surface area contributed by atoms with E-state index in [1.54, 1.807) is 0 Å². The van der Waals surface area contributed by atoms with Crippen LogP contribution in [0.15, 0.2) is 18.2 Å². The van der Waals surface area contributed by atoms with Crippen molar-refractivity contribution in [2.45, 2.75) is 45.6 Å². The fourth-order valence-electron chi connectivity index (χ4n) is 2.87. The predicted octanol–water partition coefficient (Wildman–Crippen LogP) is 3.68. The van der Waals surface area contributed by atoms with Crippen molar-refractivity contribution in [3.05, 3.63) is 35.4 Å². The number of rotatable bonds is 2. The molecule has 0 aliphatic carbocycles. The molecule has 1 heterocycles. The molecule has 1 aliphatic rings. The van der Waals surface area contributed by atoms with E-state index in [9.17, 15) is 8.78 Å². The largest absolute Gasteiger partial charge is 0.310 e. The van der Waals surface area contributed by atoms with Crippen LogP contribution in [0.5, 0.6) is 0 Å². The lowest BCUT2D eigenvalue weighted by atomic mass is 9.69. The van der Waals surface area contributed by atoms with Crippen molar-refractivity contribution in [3.63, 3.8) is 0 Å². The van der Waals surface area contributed by atoms with Crippen molar-refractivity contribution < 1.29 is 8.78 Å². The molecule has 0 radical (unpaired) electrons. The molecule has 0 amide bonds. The third-order valence-electron chi connectivity index (χ3n) is 4.22. The van der Waals surface area contributed by atoms with Crippen molar-refractivity contribution in [3.8, 4) is 0 Å². The molecule has 1 unspecified atom stereocenters. The molecule has 1 aromatic rings. The molecular weight excluding hydrogens is 232 g/mol. The summed E-state index contributed by atoms with van der Waals surface area (Å²) in [5.74, 6) is -0.875. The molecule has 1 N–H and O–H groups in total. The number of halogens is 2. The standard InChI is InChI=1S/C15H21F2N/c1-14(2,3)15(8-5-9-18-15)10-11-12(16)6-4-7-13(11)17/h4,6-7,18H,5,8-10H2,1-3H3. The summed E-state index contributed by atoms with van der Waals surface area (Å²) in [6, 6.07) is 4.09. The first-order valence-corrected chi connectivity index (χ1v) is 6.54. The van der Waals surface area contributed by atoms with Crippen LogP contribution in [0.3, 0.4) is 0 Å². The van der Waals surface area contributed by atoms with E-state index >= 15 is 0 Å². The molecule has 2 rings (SSSR count). The van der Waals surface area contributed by atoms with Gasteiger partial charge in [-0.3, -0.25) is 0 Å². The first-order chi connectivity index (χ1) is 8.36. The second-order valence-electron chi connectivity index (χ2n) is 6.24. The lowest BCUT2D eigenvalue weighted by Gasteiger charge is -2.42. The Morgan fingerprint density at radius 2 is 1.83 bits per heavy atom. The number of benzene rings is 1. The lowest BCUT2D eigenvalue weighted by molar-refractivity contribution is 0.157. The molecule has 3 heteroatoms. The van der Waals surface area contributed by atoms with Crippen LogP contribution in [-0.2, 0) is 6.42 Å². The van der Waals surface area contributed by atoms with Gasteiger partial charge in [0.25, 0.3) is 0 Å². The summed E-state index contributed by atoms with van der Waals surface area (Å²) in [6.07, 6.45) is 2.44. The third-order valence-corrected chi connectivity index (χ3v) is 4.22. The van der Waals surface area contributed by atoms with Crippen molar-refractivity contribution in [1.82, 2.24) is 5.32 Å². The average molecular weight is 253 g/mol. The van der Waals surface area contributed by atoms with Crippen LogP contribution in [-0.4, -0.2) is 12.1 Å². The third kappa shape index (κ3) is 2.28. The molecular formula is C15H21F2N. The van der Waals surface area contributed by atoms with Gasteiger partial charge >= 0.3 is 0 Å². The van der Waals surface area contributed by atoms with E-state index in [0.29, 0.717) is 6.42 Å². The molecule has 1 nitrogen and oxygen atoms in total. The topological polar surface area (TPSA) is 12.0 Å². The van der Waals surface area contributed by atoms with E-state index < -0.39 is 11.6 Å². The molecule has 0 spiro atoms. The van der Waals surface area contributed by atoms with Crippen molar-refractivity contribution in [1.29, 1.82) is 0 Å². The maximum absolute atomic E-state index is 13.8. The fraction of sp³-hybridized carbons (Fsp3) is 0.600. The highest BCUT2D eigenvalue weighted by Gasteiger charge is 2.44. The predicted molar refractivity (Wildman–Crippen MR) is 69.5 cm³/mol. The molecule has 0 bridgehead atoms. The fourth-order valence-corrected chi connectivity index (χ4v) is 2.87. The molecule has 1 fully saturated rings. The van der Waals surface area contributed by atoms with Gasteiger partial charge in [0, 0.05) is 11.1 Å². The van der Waals surface area contributed by atoms with Crippen LogP contribution in [0.2, 0.25) is 0 Å². The zero-order valence-electron chi connectivity index (χ0n) is 11.3. The molecule has 1 atom stereocenters. The molecule has 0 saturated carbocycles. The van der Waals surface area contributed by atoms with Gasteiger partial charge in [0.1, 0.15) is 11.6 Å². The van der Waals surface area contributed by atoms with E-state index in [-0.39, 0.29) is 16.5 Å². The lowest BCUT2D eigenvalue weighted by Crippen LogP contribution is -2.52. The van der Waals surface area contributed by atoms with Gasteiger partial charge in [-0.05, 0) is 43.4 Å². The Balaban J connectivity index is 2.36. The van der Waals surface area contributed by atoms with Gasteiger partial charge in [0.2, 0.25) is 0 Å². The maximum atomic E-state index is 13.8. The summed E-state index contributed by atoms with van der Waals surface area (Å²) in [5, 5.41) is 3.48. The van der Waals surface area contributed by atoms with E-state index in [1.165, 1.54) is 18.2 Å². The minimum atomic E-state index is -0.438. The molecule has 1 aliphatic heterocycles. The quantitative estimate of drug-likeness (QED) is 0.848. The van der Waals surface area contributed by atoms with Crippen LogP contribution in [0, 0.1) is 17.0 Å². The monoisotopic (exact) mass is 253 g/mol. The van der Waals surface area contributed by atoms with Crippen LogP contribution in [0.4, 0.5) is 8.78 Å². The molecule has 1 saturated heterocycles. The minimum Gasteiger partial charge on any atom is -0.310 e. The summed E-state index contributed by atoms with van der Waals surface area (Å²) in [4.78, 5) is 0. The SMILES string of the molecule is CC(C)(C)C1(Cc2c(F)cccc2F)CCCN1. The highest BCUT2D eigenvalue weighted by molar-refractivity contribution is 5.24. The van der Waals surface area contributed by atoms with Crippen molar-refractivity contribution in [2.24, 2.45) is 5.41 Å². The summed E-state index contributed by atoms with van der Waals surface area (Å²) in [6.45, 7) is 7.31. The second kappa shape index (κ2) is 4.61. The van der Waals surface area contributed by atoms with Gasteiger partial charge in [-0.1, -0.05) is 26.8 Å². The maximum Gasteiger partial charge on any atom is 0.129 e. The summed E-state index contributed by atoms with van der Waals surface area (Å²) < 4.78 is 27.6. The Morgan fingerprint density at radius 3 is 2.28 bits per heavy atom. The normalized spacial score (nSPS) is 24.5. The minimum absolute atomic E-state index is 0.0295. The van der Waals surface area contributed by atoms with Crippen molar-refractivity contribution >= 4 is 0 Å². The van der Waals surface area contributed by atoms with Crippen LogP contribution in [0.1, 0.15) is 39.2 Å². The van der Waals surface area contributed by atoms with Gasteiger partial charge in [-0.15, -0.1) is 0 Å². The van der Waals surface area contributed by atoms with E-state index in [2.05, 4.69) is 26.1 Å². The first kappa shape index (κ1) is 13.5. The Kier molecular flexibility index (Phi) is 3.45. The van der Waals surface area contributed by atoms with Gasteiger partial charge in [-0.25, -0.2) is 8.78 Å². The number of hydrogen-bond acceptors (Lipinski definition) is 1. The zero-order valence-corrected chi connectivity index (χ0v) is 11.3.